The van der Waals surface area contributed by atoms with Gasteiger partial charge in [-0.05, 0) is 62.2 Å². The van der Waals surface area contributed by atoms with Crippen LogP contribution in [0.1, 0.15) is 23.5 Å². The molecule has 0 saturated carbocycles. The average molecular weight is 463 g/mol. The van der Waals surface area contributed by atoms with Crippen LogP contribution in [0.2, 0.25) is 5.02 Å². The van der Waals surface area contributed by atoms with Crippen molar-refractivity contribution in [3.05, 3.63) is 58.2 Å². The SMILES string of the molecule is COC(=O)CCCc1cc2cc(Cl)ccc2n1S(=O)(=O)c1ccc2sc(C)nc2c1. The molecule has 0 amide bonds. The Morgan fingerprint density at radius 1 is 1.20 bits per heavy atom. The van der Waals surface area contributed by atoms with Crippen LogP contribution in [0.5, 0.6) is 0 Å². The highest BCUT2D eigenvalue weighted by atomic mass is 35.5. The molecule has 0 N–H and O–H groups in total. The number of ether oxygens (including phenoxy) is 1. The second-order valence-electron chi connectivity index (χ2n) is 6.90. The van der Waals surface area contributed by atoms with Crippen LogP contribution < -0.4 is 0 Å². The van der Waals surface area contributed by atoms with E-state index >= 15 is 0 Å². The minimum absolute atomic E-state index is 0.168. The number of aromatic nitrogens is 2. The molecule has 2 aromatic carbocycles. The molecule has 0 aliphatic heterocycles. The zero-order valence-electron chi connectivity index (χ0n) is 16.4. The number of carbonyl (C=O) groups excluding carboxylic acids is 1. The first-order valence-electron chi connectivity index (χ1n) is 9.29. The second kappa shape index (κ2) is 8.02. The van der Waals surface area contributed by atoms with Gasteiger partial charge in [0.1, 0.15) is 0 Å². The summed E-state index contributed by atoms with van der Waals surface area (Å²) in [6.45, 7) is 1.89. The molecule has 30 heavy (non-hydrogen) atoms. The molecule has 0 unspecified atom stereocenters. The normalized spacial score (nSPS) is 12.0. The van der Waals surface area contributed by atoms with Crippen LogP contribution in [-0.2, 0) is 26.0 Å². The molecule has 0 saturated heterocycles. The van der Waals surface area contributed by atoms with Gasteiger partial charge in [-0.25, -0.2) is 17.4 Å². The predicted molar refractivity (Wildman–Crippen MR) is 119 cm³/mol. The lowest BCUT2D eigenvalue weighted by Gasteiger charge is -2.12. The first-order valence-corrected chi connectivity index (χ1v) is 11.9. The number of methoxy groups -OCH3 is 1. The van der Waals surface area contributed by atoms with Crippen molar-refractivity contribution in [2.45, 2.75) is 31.1 Å². The Hall–Kier alpha value is -2.42. The first kappa shape index (κ1) is 20.8. The summed E-state index contributed by atoms with van der Waals surface area (Å²) in [6, 6.07) is 11.9. The lowest BCUT2D eigenvalue weighted by Crippen LogP contribution is -2.16. The monoisotopic (exact) mass is 462 g/mol. The highest BCUT2D eigenvalue weighted by molar-refractivity contribution is 7.90. The number of rotatable bonds is 6. The Kier molecular flexibility index (Phi) is 5.57. The van der Waals surface area contributed by atoms with Gasteiger partial charge in [-0.1, -0.05) is 11.6 Å². The molecule has 4 aromatic rings. The van der Waals surface area contributed by atoms with E-state index in [0.29, 0.717) is 34.6 Å². The number of thiazole rings is 1. The Labute approximate surface area is 183 Å². The van der Waals surface area contributed by atoms with Gasteiger partial charge in [0.15, 0.2) is 0 Å². The lowest BCUT2D eigenvalue weighted by atomic mass is 10.2. The van der Waals surface area contributed by atoms with Crippen molar-refractivity contribution in [2.75, 3.05) is 7.11 Å². The van der Waals surface area contributed by atoms with E-state index < -0.39 is 10.0 Å². The average Bonchev–Trinajstić information content (AvgIpc) is 3.25. The molecule has 4 rings (SSSR count). The Morgan fingerprint density at radius 3 is 2.77 bits per heavy atom. The van der Waals surface area contributed by atoms with Crippen molar-refractivity contribution in [3.8, 4) is 0 Å². The molecule has 0 aliphatic carbocycles. The van der Waals surface area contributed by atoms with Crippen molar-refractivity contribution in [1.82, 2.24) is 8.96 Å². The molecule has 0 bridgehead atoms. The van der Waals surface area contributed by atoms with Crippen molar-refractivity contribution in [2.24, 2.45) is 0 Å². The van der Waals surface area contributed by atoms with Gasteiger partial charge in [0.25, 0.3) is 10.0 Å². The Bertz CT molecular complexity index is 1370. The van der Waals surface area contributed by atoms with Crippen LogP contribution in [0.25, 0.3) is 21.1 Å². The van der Waals surface area contributed by atoms with Crippen molar-refractivity contribution in [3.63, 3.8) is 0 Å². The largest absolute Gasteiger partial charge is 0.469 e. The molecular formula is C21H19ClN2O4S2. The number of carbonyl (C=O) groups is 1. The van der Waals surface area contributed by atoms with E-state index in [9.17, 15) is 13.2 Å². The fourth-order valence-corrected chi connectivity index (χ4v) is 6.06. The third-order valence-electron chi connectivity index (χ3n) is 4.84. The molecule has 2 heterocycles. The summed E-state index contributed by atoms with van der Waals surface area (Å²) in [5.41, 5.74) is 1.79. The topological polar surface area (TPSA) is 78.3 Å². The Balaban J connectivity index is 1.83. The highest BCUT2D eigenvalue weighted by Crippen LogP contribution is 2.31. The van der Waals surface area contributed by atoms with Gasteiger partial charge < -0.3 is 4.74 Å². The van der Waals surface area contributed by atoms with Crippen LogP contribution in [0, 0.1) is 6.92 Å². The van der Waals surface area contributed by atoms with E-state index in [1.54, 1.807) is 36.4 Å². The summed E-state index contributed by atoms with van der Waals surface area (Å²) in [5, 5.41) is 2.13. The van der Waals surface area contributed by atoms with Crippen molar-refractivity contribution >= 4 is 60.0 Å². The second-order valence-corrected chi connectivity index (χ2v) is 10.4. The predicted octanol–water partition coefficient (Wildman–Crippen LogP) is 4.95. The highest BCUT2D eigenvalue weighted by Gasteiger charge is 2.24. The van der Waals surface area contributed by atoms with Gasteiger partial charge in [0, 0.05) is 22.5 Å². The zero-order valence-corrected chi connectivity index (χ0v) is 18.8. The minimum atomic E-state index is -3.88. The number of halogens is 1. The summed E-state index contributed by atoms with van der Waals surface area (Å²) in [4.78, 5) is 16.1. The molecule has 0 fully saturated rings. The third kappa shape index (κ3) is 3.82. The number of fused-ring (bicyclic) bond motifs is 2. The van der Waals surface area contributed by atoms with Crippen LogP contribution in [0.4, 0.5) is 0 Å². The van der Waals surface area contributed by atoms with Gasteiger partial charge >= 0.3 is 5.97 Å². The van der Waals surface area contributed by atoms with E-state index in [0.717, 1.165) is 15.1 Å². The quantitative estimate of drug-likeness (QED) is 0.379. The molecule has 6 nitrogen and oxygen atoms in total. The number of aryl methyl sites for hydroxylation is 2. The molecule has 9 heteroatoms. The third-order valence-corrected chi connectivity index (χ3v) is 7.79. The van der Waals surface area contributed by atoms with E-state index in [1.165, 1.54) is 22.4 Å². The lowest BCUT2D eigenvalue weighted by molar-refractivity contribution is -0.140. The summed E-state index contributed by atoms with van der Waals surface area (Å²) in [5.74, 6) is -0.326. The number of benzene rings is 2. The van der Waals surface area contributed by atoms with Gasteiger partial charge in [-0.2, -0.15) is 0 Å². The number of nitrogens with zero attached hydrogens (tertiary/aromatic N) is 2. The summed E-state index contributed by atoms with van der Waals surface area (Å²) >= 11 is 7.64. The summed E-state index contributed by atoms with van der Waals surface area (Å²) in [7, 11) is -2.55. The van der Waals surface area contributed by atoms with Gasteiger partial charge in [-0.3, -0.25) is 4.79 Å². The van der Waals surface area contributed by atoms with Gasteiger partial charge in [-0.15, -0.1) is 11.3 Å². The summed E-state index contributed by atoms with van der Waals surface area (Å²) in [6.07, 6.45) is 1.08. The molecule has 0 spiro atoms. The van der Waals surface area contributed by atoms with Crippen LogP contribution in [0.15, 0.2) is 47.4 Å². The van der Waals surface area contributed by atoms with E-state index in [4.69, 9.17) is 11.6 Å². The van der Waals surface area contributed by atoms with Crippen LogP contribution in [0.3, 0.4) is 0 Å². The van der Waals surface area contributed by atoms with Gasteiger partial charge in [0.05, 0.1) is 32.7 Å². The standard InChI is InChI=1S/C21H19ClN2O4S2/c1-13-23-18-12-17(7-9-20(18)29-13)30(26,27)24-16(4-3-5-21(25)28-2)11-14-10-15(22)6-8-19(14)24/h6-12H,3-5H2,1-2H3. The molecular weight excluding hydrogens is 444 g/mol. The maximum atomic E-state index is 13.6. The van der Waals surface area contributed by atoms with Crippen LogP contribution >= 0.6 is 22.9 Å². The number of hydrogen-bond acceptors (Lipinski definition) is 6. The molecule has 2 aromatic heterocycles. The fourth-order valence-electron chi connectivity index (χ4n) is 3.48. The molecule has 0 radical (unpaired) electrons. The van der Waals surface area contributed by atoms with E-state index in [-0.39, 0.29) is 17.3 Å². The summed E-state index contributed by atoms with van der Waals surface area (Å²) < 4.78 is 34.2. The maximum Gasteiger partial charge on any atom is 0.305 e. The fraction of sp³-hybridized carbons (Fsp3) is 0.238. The van der Waals surface area contributed by atoms with E-state index in [1.807, 2.05) is 13.0 Å². The van der Waals surface area contributed by atoms with E-state index in [2.05, 4.69) is 9.72 Å². The van der Waals surface area contributed by atoms with Gasteiger partial charge in [0.2, 0.25) is 0 Å². The van der Waals surface area contributed by atoms with Crippen molar-refractivity contribution < 1.29 is 17.9 Å². The maximum absolute atomic E-state index is 13.6. The van der Waals surface area contributed by atoms with Crippen molar-refractivity contribution in [1.29, 1.82) is 0 Å². The molecule has 0 atom stereocenters. The van der Waals surface area contributed by atoms with Crippen LogP contribution in [-0.4, -0.2) is 30.5 Å². The smallest absolute Gasteiger partial charge is 0.305 e. The first-order chi connectivity index (χ1) is 14.3. The Morgan fingerprint density at radius 2 is 2.00 bits per heavy atom. The minimum Gasteiger partial charge on any atom is -0.469 e. The zero-order chi connectivity index (χ0) is 21.5. The number of hydrogen-bond donors (Lipinski definition) is 0. The molecule has 156 valence electrons. The molecule has 0 aliphatic rings. The number of esters is 1.